The molecule has 0 spiro atoms. The van der Waals surface area contributed by atoms with Crippen molar-refractivity contribution in [1.29, 1.82) is 0 Å². The summed E-state index contributed by atoms with van der Waals surface area (Å²) in [7, 11) is 0. The van der Waals surface area contributed by atoms with Gasteiger partial charge in [0.2, 0.25) is 5.82 Å². The minimum Gasteiger partial charge on any atom is -0.376 e. The monoisotopic (exact) mass is 336 g/mol. The third kappa shape index (κ3) is 4.20. The highest BCUT2D eigenvalue weighted by Crippen LogP contribution is 2.17. The maximum absolute atomic E-state index is 5.77. The number of piperazine rings is 1. The summed E-state index contributed by atoms with van der Waals surface area (Å²) in [5.41, 5.74) is 0. The first-order chi connectivity index (χ1) is 11.8. The molecule has 0 aliphatic carbocycles. The molecule has 3 heterocycles. The average Bonchev–Trinajstić information content (AvgIpc) is 3.26. The maximum atomic E-state index is 5.77. The summed E-state index contributed by atoms with van der Waals surface area (Å²) in [5, 5.41) is 12.7. The fraction of sp³-hybridized carbons (Fsp3) is 0.824. The lowest BCUT2D eigenvalue weighted by atomic mass is 10.1. The Bertz CT molecular complexity index is 505. The molecule has 7 heteroatoms. The molecule has 0 bridgehead atoms. The molecule has 2 aliphatic rings. The average molecular weight is 336 g/mol. The molecular formula is C17H32N6O+2. The van der Waals surface area contributed by atoms with Crippen molar-refractivity contribution >= 4 is 0 Å². The highest BCUT2D eigenvalue weighted by molar-refractivity contribution is 4.88. The van der Waals surface area contributed by atoms with Crippen LogP contribution in [0.3, 0.4) is 0 Å². The molecule has 2 aliphatic heterocycles. The molecular weight excluding hydrogens is 304 g/mol. The quantitative estimate of drug-likeness (QED) is 0.577. The summed E-state index contributed by atoms with van der Waals surface area (Å²) in [6, 6.07) is 0.400. The van der Waals surface area contributed by atoms with Gasteiger partial charge in [-0.2, -0.15) is 0 Å². The Balaban J connectivity index is 1.67. The fourth-order valence-corrected chi connectivity index (χ4v) is 4.06. The lowest BCUT2D eigenvalue weighted by Gasteiger charge is -2.33. The van der Waals surface area contributed by atoms with E-state index in [0.29, 0.717) is 6.04 Å². The molecule has 7 nitrogen and oxygen atoms in total. The molecule has 0 amide bonds. The van der Waals surface area contributed by atoms with Crippen LogP contribution in [0.2, 0.25) is 0 Å². The number of rotatable bonds is 8. The van der Waals surface area contributed by atoms with Gasteiger partial charge in [0.25, 0.3) is 0 Å². The van der Waals surface area contributed by atoms with Gasteiger partial charge in [0.1, 0.15) is 32.2 Å². The van der Waals surface area contributed by atoms with Gasteiger partial charge in [0, 0.05) is 13.0 Å². The Labute approximate surface area is 144 Å². The standard InChI is InChI=1S/C17H30N6O/c1-3-6-16(22-11-9-21(8-4-2)10-12-22)17-18-19-20-23(17)14-15-7-5-13-24-15/h4,15-16H,2-3,5-14H2,1H3/p+2/t15-,16+/m0/s1. The van der Waals surface area contributed by atoms with E-state index >= 15 is 0 Å². The van der Waals surface area contributed by atoms with Gasteiger partial charge in [0.15, 0.2) is 0 Å². The van der Waals surface area contributed by atoms with E-state index in [1.54, 1.807) is 9.80 Å². The number of tetrazole rings is 1. The van der Waals surface area contributed by atoms with Gasteiger partial charge in [-0.15, -0.1) is 5.10 Å². The zero-order chi connectivity index (χ0) is 16.8. The van der Waals surface area contributed by atoms with Crippen LogP contribution < -0.4 is 9.80 Å². The van der Waals surface area contributed by atoms with E-state index in [9.17, 15) is 0 Å². The zero-order valence-corrected chi connectivity index (χ0v) is 14.9. The van der Waals surface area contributed by atoms with Crippen LogP contribution in [0.1, 0.15) is 44.5 Å². The lowest BCUT2D eigenvalue weighted by Crippen LogP contribution is -3.28. The summed E-state index contributed by atoms with van der Waals surface area (Å²) in [4.78, 5) is 3.27. The van der Waals surface area contributed by atoms with E-state index in [2.05, 4.69) is 29.0 Å². The first-order valence-corrected chi connectivity index (χ1v) is 9.48. The Kier molecular flexibility index (Phi) is 6.34. The molecule has 3 rings (SSSR count). The van der Waals surface area contributed by atoms with Gasteiger partial charge in [-0.05, 0) is 29.3 Å². The molecule has 2 fully saturated rings. The fourth-order valence-electron chi connectivity index (χ4n) is 4.06. The normalized spacial score (nSPS) is 28.8. The minimum atomic E-state index is 0.276. The molecule has 2 saturated heterocycles. The number of nitrogens with one attached hydrogen (secondary N) is 2. The van der Waals surface area contributed by atoms with Crippen molar-refractivity contribution in [1.82, 2.24) is 20.2 Å². The Hall–Kier alpha value is -1.31. The number of hydrogen-bond donors (Lipinski definition) is 2. The van der Waals surface area contributed by atoms with Crippen LogP contribution in [-0.4, -0.2) is 65.6 Å². The number of quaternary nitrogens is 2. The second kappa shape index (κ2) is 8.69. The highest BCUT2D eigenvalue weighted by Gasteiger charge is 2.33. The molecule has 0 saturated carbocycles. The van der Waals surface area contributed by atoms with Crippen molar-refractivity contribution in [2.24, 2.45) is 0 Å². The first kappa shape index (κ1) is 17.5. The van der Waals surface area contributed by atoms with Crippen molar-refractivity contribution in [2.75, 3.05) is 39.3 Å². The summed E-state index contributed by atoms with van der Waals surface area (Å²) >= 11 is 0. The molecule has 2 atom stereocenters. The summed E-state index contributed by atoms with van der Waals surface area (Å²) in [5.74, 6) is 1.05. The Morgan fingerprint density at radius 1 is 1.38 bits per heavy atom. The van der Waals surface area contributed by atoms with Gasteiger partial charge in [-0.1, -0.05) is 19.9 Å². The second-order valence-electron chi connectivity index (χ2n) is 7.10. The summed E-state index contributed by atoms with van der Waals surface area (Å²) < 4.78 is 7.78. The molecule has 0 aromatic carbocycles. The van der Waals surface area contributed by atoms with Crippen LogP contribution in [0.5, 0.6) is 0 Å². The molecule has 134 valence electrons. The van der Waals surface area contributed by atoms with Crippen LogP contribution in [0.25, 0.3) is 0 Å². The van der Waals surface area contributed by atoms with Crippen LogP contribution >= 0.6 is 0 Å². The van der Waals surface area contributed by atoms with Crippen LogP contribution in [-0.2, 0) is 11.3 Å². The van der Waals surface area contributed by atoms with Crippen LogP contribution in [0.15, 0.2) is 12.7 Å². The smallest absolute Gasteiger partial charge is 0.209 e. The number of hydrogen-bond acceptors (Lipinski definition) is 4. The van der Waals surface area contributed by atoms with E-state index in [1.807, 2.05) is 10.8 Å². The maximum Gasteiger partial charge on any atom is 0.209 e. The molecule has 24 heavy (non-hydrogen) atoms. The molecule has 0 unspecified atom stereocenters. The number of ether oxygens (including phenoxy) is 1. The molecule has 1 aromatic rings. The molecule has 2 N–H and O–H groups in total. The van der Waals surface area contributed by atoms with Gasteiger partial charge in [0.05, 0.1) is 19.2 Å². The predicted octanol–water partition coefficient (Wildman–Crippen LogP) is -1.34. The number of aromatic nitrogens is 4. The zero-order valence-electron chi connectivity index (χ0n) is 14.9. The summed E-state index contributed by atoms with van der Waals surface area (Å²) in [6.45, 7) is 13.6. The van der Waals surface area contributed by atoms with E-state index in [1.165, 1.54) is 26.2 Å². The Morgan fingerprint density at radius 3 is 2.88 bits per heavy atom. The number of nitrogens with zero attached hydrogens (tertiary/aromatic N) is 4. The SMILES string of the molecule is C=CC[NH+]1CC[NH+]([C@H](CCC)c2nnnn2C[C@@H]2CCCO2)CC1. The van der Waals surface area contributed by atoms with Crippen LogP contribution in [0.4, 0.5) is 0 Å². The van der Waals surface area contributed by atoms with Crippen molar-refractivity contribution in [2.45, 2.75) is 51.3 Å². The van der Waals surface area contributed by atoms with E-state index in [0.717, 1.165) is 51.2 Å². The van der Waals surface area contributed by atoms with E-state index < -0.39 is 0 Å². The predicted molar refractivity (Wildman–Crippen MR) is 90.9 cm³/mol. The van der Waals surface area contributed by atoms with Gasteiger partial charge < -0.3 is 14.5 Å². The van der Waals surface area contributed by atoms with Crippen molar-refractivity contribution in [3.05, 3.63) is 18.5 Å². The topological polar surface area (TPSA) is 61.7 Å². The largest absolute Gasteiger partial charge is 0.376 e. The summed E-state index contributed by atoms with van der Waals surface area (Å²) in [6.07, 6.45) is 6.88. The third-order valence-electron chi connectivity index (χ3n) is 5.37. The van der Waals surface area contributed by atoms with E-state index in [4.69, 9.17) is 4.74 Å². The van der Waals surface area contributed by atoms with Crippen molar-refractivity contribution in [3.8, 4) is 0 Å². The van der Waals surface area contributed by atoms with Gasteiger partial charge in [-0.3, -0.25) is 0 Å². The third-order valence-corrected chi connectivity index (χ3v) is 5.37. The van der Waals surface area contributed by atoms with Gasteiger partial charge in [-0.25, -0.2) is 4.68 Å². The Morgan fingerprint density at radius 2 is 2.21 bits per heavy atom. The van der Waals surface area contributed by atoms with Gasteiger partial charge >= 0.3 is 0 Å². The van der Waals surface area contributed by atoms with Crippen LogP contribution in [0, 0.1) is 0 Å². The van der Waals surface area contributed by atoms with Crippen molar-refractivity contribution in [3.63, 3.8) is 0 Å². The molecule has 1 aromatic heterocycles. The molecule has 0 radical (unpaired) electrons. The highest BCUT2D eigenvalue weighted by atomic mass is 16.5. The second-order valence-corrected chi connectivity index (χ2v) is 7.10. The minimum absolute atomic E-state index is 0.276. The van der Waals surface area contributed by atoms with E-state index in [-0.39, 0.29) is 6.10 Å². The lowest BCUT2D eigenvalue weighted by molar-refractivity contribution is -1.03. The first-order valence-electron chi connectivity index (χ1n) is 9.48. The van der Waals surface area contributed by atoms with Crippen molar-refractivity contribution < 1.29 is 14.5 Å².